The summed E-state index contributed by atoms with van der Waals surface area (Å²) in [6.45, 7) is 0. The number of anilines is 1. The molecule has 0 aromatic carbocycles. The molecule has 0 fully saturated rings. The Kier molecular flexibility index (Phi) is 1.27. The number of rotatable bonds is 2. The zero-order valence-electron chi connectivity index (χ0n) is 4.00. The predicted molar refractivity (Wildman–Crippen MR) is 26.2 cm³/mol. The van der Waals surface area contributed by atoms with Crippen molar-refractivity contribution < 1.29 is 9.32 Å². The number of nitrogens with zero attached hydrogens (tertiary/aromatic N) is 1. The van der Waals surface area contributed by atoms with Crippen LogP contribution in [0.4, 0.5) is 5.69 Å². The van der Waals surface area contributed by atoms with Crippen LogP contribution in [-0.4, -0.2) is 11.6 Å². The van der Waals surface area contributed by atoms with E-state index in [-0.39, 0.29) is 0 Å². The smallest absolute Gasteiger partial charge is 0.211 e. The molecule has 0 spiro atoms. The molecule has 0 radical (unpaired) electrons. The summed E-state index contributed by atoms with van der Waals surface area (Å²) < 4.78 is 4.40. The molecule has 1 heterocycles. The van der Waals surface area contributed by atoms with E-state index in [4.69, 9.17) is 0 Å². The summed E-state index contributed by atoms with van der Waals surface area (Å²) in [6, 6.07) is 0. The molecule has 1 amide bonds. The third-order valence-electron chi connectivity index (χ3n) is 0.658. The number of hydrogen-bond donors (Lipinski definition) is 1. The van der Waals surface area contributed by atoms with E-state index in [0.717, 1.165) is 0 Å². The minimum Gasteiger partial charge on any atom is -0.363 e. The van der Waals surface area contributed by atoms with Gasteiger partial charge in [-0.2, -0.15) is 0 Å². The maximum Gasteiger partial charge on any atom is 0.211 e. The van der Waals surface area contributed by atoms with Gasteiger partial charge >= 0.3 is 0 Å². The first-order valence-electron chi connectivity index (χ1n) is 2.03. The zero-order valence-corrected chi connectivity index (χ0v) is 4.00. The molecule has 1 rings (SSSR count). The Bertz CT molecular complexity index is 159. The second kappa shape index (κ2) is 2.11. The Hall–Kier alpha value is -1.32. The Morgan fingerprint density at radius 3 is 3.25 bits per heavy atom. The highest BCUT2D eigenvalue weighted by molar-refractivity contribution is 5.69. The molecule has 1 N–H and O–H groups in total. The van der Waals surface area contributed by atoms with Crippen molar-refractivity contribution in [2.75, 3.05) is 5.32 Å². The van der Waals surface area contributed by atoms with Crippen LogP contribution in [0.15, 0.2) is 17.0 Å². The molecule has 1 aromatic rings. The van der Waals surface area contributed by atoms with Gasteiger partial charge in [0.15, 0.2) is 0 Å². The van der Waals surface area contributed by atoms with Crippen molar-refractivity contribution in [2.24, 2.45) is 0 Å². The van der Waals surface area contributed by atoms with E-state index in [9.17, 15) is 4.79 Å². The van der Waals surface area contributed by atoms with Gasteiger partial charge in [-0.15, -0.1) is 0 Å². The number of nitrogens with one attached hydrogen (secondary N) is 1. The summed E-state index contributed by atoms with van der Waals surface area (Å²) >= 11 is 0. The Balaban J connectivity index is 2.62. The van der Waals surface area contributed by atoms with Crippen molar-refractivity contribution in [1.29, 1.82) is 0 Å². The van der Waals surface area contributed by atoms with Gasteiger partial charge in [-0.05, 0) is 0 Å². The maximum absolute atomic E-state index is 9.69. The van der Waals surface area contributed by atoms with Gasteiger partial charge in [0.05, 0.1) is 6.20 Å². The minimum absolute atomic E-state index is 0.562. The van der Waals surface area contributed by atoms with Gasteiger partial charge in [-0.1, -0.05) is 5.16 Å². The lowest BCUT2D eigenvalue weighted by molar-refractivity contribution is -0.105. The van der Waals surface area contributed by atoms with Crippen LogP contribution in [-0.2, 0) is 4.79 Å². The van der Waals surface area contributed by atoms with Crippen LogP contribution in [0.25, 0.3) is 0 Å². The lowest BCUT2D eigenvalue weighted by Gasteiger charge is -1.81. The monoisotopic (exact) mass is 112 g/mol. The van der Waals surface area contributed by atoms with Crippen LogP contribution in [0.5, 0.6) is 0 Å². The first-order chi connectivity index (χ1) is 3.93. The van der Waals surface area contributed by atoms with Gasteiger partial charge in [0.1, 0.15) is 12.0 Å². The normalized spacial score (nSPS) is 8.50. The largest absolute Gasteiger partial charge is 0.363 e. The summed E-state index contributed by atoms with van der Waals surface area (Å²) in [7, 11) is 0. The highest BCUT2D eigenvalue weighted by Crippen LogP contribution is 1.99. The number of aromatic nitrogens is 1. The van der Waals surface area contributed by atoms with Crippen molar-refractivity contribution >= 4 is 12.1 Å². The molecular weight excluding hydrogens is 108 g/mol. The third kappa shape index (κ3) is 0.841. The summed E-state index contributed by atoms with van der Waals surface area (Å²) in [4.78, 5) is 9.69. The molecule has 8 heavy (non-hydrogen) atoms. The molecule has 4 nitrogen and oxygen atoms in total. The average Bonchev–Trinajstić information content (AvgIpc) is 2.19. The summed E-state index contributed by atoms with van der Waals surface area (Å²) in [5.74, 6) is 0. The lowest BCUT2D eigenvalue weighted by Crippen LogP contribution is -1.89. The van der Waals surface area contributed by atoms with E-state index < -0.39 is 0 Å². The van der Waals surface area contributed by atoms with Gasteiger partial charge in [0, 0.05) is 0 Å². The van der Waals surface area contributed by atoms with Gasteiger partial charge < -0.3 is 9.84 Å². The molecule has 0 aliphatic rings. The van der Waals surface area contributed by atoms with Crippen molar-refractivity contribution in [3.63, 3.8) is 0 Å². The van der Waals surface area contributed by atoms with Crippen molar-refractivity contribution in [3.05, 3.63) is 12.5 Å². The van der Waals surface area contributed by atoms with E-state index >= 15 is 0 Å². The summed E-state index contributed by atoms with van der Waals surface area (Å²) in [5, 5.41) is 5.70. The van der Waals surface area contributed by atoms with Crippen molar-refractivity contribution in [1.82, 2.24) is 5.16 Å². The fourth-order valence-corrected chi connectivity index (χ4v) is 0.344. The molecule has 42 valence electrons. The lowest BCUT2D eigenvalue weighted by atomic mass is 10.6. The van der Waals surface area contributed by atoms with Crippen molar-refractivity contribution in [3.8, 4) is 0 Å². The molecule has 0 saturated carbocycles. The van der Waals surface area contributed by atoms with Crippen LogP contribution >= 0.6 is 0 Å². The van der Waals surface area contributed by atoms with Gasteiger partial charge in [-0.3, -0.25) is 4.79 Å². The number of carbonyl (C=O) groups is 1. The minimum atomic E-state index is 0.562. The Morgan fingerprint density at radius 1 is 1.88 bits per heavy atom. The van der Waals surface area contributed by atoms with Crippen LogP contribution in [0.1, 0.15) is 0 Å². The average molecular weight is 112 g/mol. The SMILES string of the molecule is O=CNc1cnoc1. The molecule has 0 aliphatic carbocycles. The van der Waals surface area contributed by atoms with Crippen molar-refractivity contribution in [2.45, 2.75) is 0 Å². The Labute approximate surface area is 45.5 Å². The van der Waals surface area contributed by atoms with Gasteiger partial charge in [0.25, 0.3) is 0 Å². The molecule has 0 unspecified atom stereocenters. The van der Waals surface area contributed by atoms with E-state index in [1.165, 1.54) is 12.5 Å². The van der Waals surface area contributed by atoms with Crippen LogP contribution in [0.2, 0.25) is 0 Å². The first kappa shape index (κ1) is 4.83. The van der Waals surface area contributed by atoms with E-state index in [0.29, 0.717) is 12.1 Å². The van der Waals surface area contributed by atoms with Crippen LogP contribution in [0.3, 0.4) is 0 Å². The standard InChI is InChI=1S/C4H4N2O2/c7-3-5-4-1-6-8-2-4/h1-3H,(H,5,7). The molecular formula is C4H4N2O2. The molecule has 0 bridgehead atoms. The predicted octanol–water partition coefficient (Wildman–Crippen LogP) is 0.243. The second-order valence-corrected chi connectivity index (χ2v) is 1.18. The second-order valence-electron chi connectivity index (χ2n) is 1.18. The van der Waals surface area contributed by atoms with Gasteiger partial charge in [-0.25, -0.2) is 0 Å². The van der Waals surface area contributed by atoms with E-state index in [1.54, 1.807) is 0 Å². The van der Waals surface area contributed by atoms with Crippen LogP contribution < -0.4 is 5.32 Å². The van der Waals surface area contributed by atoms with E-state index in [1.807, 2.05) is 0 Å². The number of amides is 1. The molecule has 1 aromatic heterocycles. The maximum atomic E-state index is 9.69. The number of carbonyl (C=O) groups excluding carboxylic acids is 1. The summed E-state index contributed by atoms with van der Waals surface area (Å²) in [5.41, 5.74) is 0.569. The van der Waals surface area contributed by atoms with E-state index in [2.05, 4.69) is 15.0 Å². The first-order valence-corrected chi connectivity index (χ1v) is 2.03. The quantitative estimate of drug-likeness (QED) is 0.557. The highest BCUT2D eigenvalue weighted by Gasteiger charge is 1.87. The fourth-order valence-electron chi connectivity index (χ4n) is 0.344. The zero-order chi connectivity index (χ0) is 5.82. The molecule has 0 aliphatic heterocycles. The third-order valence-corrected chi connectivity index (χ3v) is 0.658. The van der Waals surface area contributed by atoms with Gasteiger partial charge in [0.2, 0.25) is 6.41 Å². The molecule has 0 atom stereocenters. The topological polar surface area (TPSA) is 55.1 Å². The van der Waals surface area contributed by atoms with Crippen LogP contribution in [0, 0.1) is 0 Å². The fraction of sp³-hybridized carbons (Fsp3) is 0. The highest BCUT2D eigenvalue weighted by atomic mass is 16.5. The molecule has 0 saturated heterocycles. The molecule has 4 heteroatoms. The Morgan fingerprint density at radius 2 is 2.75 bits per heavy atom. The number of hydrogen-bond acceptors (Lipinski definition) is 3. The summed E-state index contributed by atoms with van der Waals surface area (Å²) in [6.07, 6.45) is 3.31.